The van der Waals surface area contributed by atoms with Gasteiger partial charge in [0, 0.05) is 37.2 Å². The number of rotatable bonds is 9. The molecular weight excluding hydrogens is 426 g/mol. The fourth-order valence-electron chi connectivity index (χ4n) is 3.38. The molecule has 0 aliphatic rings. The molecule has 1 N–H and O–H groups in total. The third kappa shape index (κ3) is 5.26. The number of hydrogen-bond acceptors (Lipinski definition) is 5. The van der Waals surface area contributed by atoms with E-state index in [1.165, 1.54) is 10.4 Å². The molecule has 3 rings (SSSR count). The normalized spacial score (nSPS) is 11.7. The highest BCUT2D eigenvalue weighted by atomic mass is 32.2. The van der Waals surface area contributed by atoms with Crippen LogP contribution >= 0.6 is 0 Å². The first-order valence-corrected chi connectivity index (χ1v) is 12.1. The molecule has 32 heavy (non-hydrogen) atoms. The van der Waals surface area contributed by atoms with Crippen molar-refractivity contribution in [1.82, 2.24) is 14.6 Å². The molecule has 0 radical (unpaired) electrons. The van der Waals surface area contributed by atoms with E-state index in [-0.39, 0.29) is 10.8 Å². The number of carbonyl (C=O) groups excluding carboxylic acids is 1. The van der Waals surface area contributed by atoms with Crippen molar-refractivity contribution in [3.8, 4) is 11.5 Å². The molecule has 1 aromatic heterocycles. The van der Waals surface area contributed by atoms with Crippen molar-refractivity contribution in [3.05, 3.63) is 71.1 Å². The van der Waals surface area contributed by atoms with Gasteiger partial charge in [-0.2, -0.15) is 4.31 Å². The third-order valence-corrected chi connectivity index (χ3v) is 7.48. The summed E-state index contributed by atoms with van der Waals surface area (Å²) in [6.45, 7) is 8.43. The van der Waals surface area contributed by atoms with Gasteiger partial charge in [-0.05, 0) is 43.7 Å². The minimum atomic E-state index is -3.65. The molecule has 0 fully saturated rings. The summed E-state index contributed by atoms with van der Waals surface area (Å²) < 4.78 is 32.7. The fourth-order valence-corrected chi connectivity index (χ4v) is 5.09. The van der Waals surface area contributed by atoms with Crippen molar-refractivity contribution in [1.29, 1.82) is 0 Å². The smallest absolute Gasteiger partial charge is 0.251 e. The van der Waals surface area contributed by atoms with Crippen LogP contribution in [0, 0.1) is 13.8 Å². The number of amides is 1. The Balaban J connectivity index is 1.65. The topological polar surface area (TPSA) is 92.5 Å². The van der Waals surface area contributed by atoms with Crippen molar-refractivity contribution in [2.24, 2.45) is 0 Å². The average molecular weight is 456 g/mol. The van der Waals surface area contributed by atoms with Crippen LogP contribution in [-0.4, -0.2) is 43.2 Å². The molecular formula is C24H29N3O4S. The monoisotopic (exact) mass is 455 g/mol. The minimum absolute atomic E-state index is 0.160. The lowest BCUT2D eigenvalue weighted by Gasteiger charge is -2.20. The van der Waals surface area contributed by atoms with Gasteiger partial charge in [-0.25, -0.2) is 13.4 Å². The molecule has 0 spiro atoms. The quantitative estimate of drug-likeness (QED) is 0.527. The molecule has 0 aliphatic carbocycles. The van der Waals surface area contributed by atoms with E-state index in [0.717, 1.165) is 16.8 Å². The number of nitrogens with zero attached hydrogens (tertiary/aromatic N) is 2. The van der Waals surface area contributed by atoms with E-state index in [1.54, 1.807) is 39.2 Å². The predicted molar refractivity (Wildman–Crippen MR) is 124 cm³/mol. The molecule has 0 aliphatic heterocycles. The van der Waals surface area contributed by atoms with E-state index in [4.69, 9.17) is 4.42 Å². The van der Waals surface area contributed by atoms with E-state index >= 15 is 0 Å². The number of aryl methyl sites for hydroxylation is 2. The summed E-state index contributed by atoms with van der Waals surface area (Å²) in [6, 6.07) is 12.6. The number of oxazole rings is 1. The molecule has 2 aromatic carbocycles. The molecule has 7 nitrogen and oxygen atoms in total. The van der Waals surface area contributed by atoms with Gasteiger partial charge in [-0.15, -0.1) is 0 Å². The maximum absolute atomic E-state index is 12.9. The van der Waals surface area contributed by atoms with Gasteiger partial charge in [0.25, 0.3) is 5.91 Å². The van der Waals surface area contributed by atoms with Gasteiger partial charge in [-0.1, -0.05) is 37.6 Å². The van der Waals surface area contributed by atoms with E-state index in [0.29, 0.717) is 43.1 Å². The van der Waals surface area contributed by atoms with Crippen molar-refractivity contribution in [3.63, 3.8) is 0 Å². The number of sulfonamides is 1. The summed E-state index contributed by atoms with van der Waals surface area (Å²) in [5, 5.41) is 2.83. The number of hydrogen-bond donors (Lipinski definition) is 1. The van der Waals surface area contributed by atoms with E-state index in [9.17, 15) is 13.2 Å². The van der Waals surface area contributed by atoms with Crippen molar-refractivity contribution < 1.29 is 17.6 Å². The Bertz CT molecular complexity index is 1180. The maximum atomic E-state index is 12.9. The molecule has 0 unspecified atom stereocenters. The lowest BCUT2D eigenvalue weighted by molar-refractivity contribution is 0.0954. The van der Waals surface area contributed by atoms with Crippen LogP contribution in [0.3, 0.4) is 0 Å². The second-order valence-corrected chi connectivity index (χ2v) is 9.49. The molecule has 3 aromatic rings. The largest absolute Gasteiger partial charge is 0.444 e. The van der Waals surface area contributed by atoms with Crippen molar-refractivity contribution in [2.75, 3.05) is 19.6 Å². The zero-order chi connectivity index (χ0) is 23.3. The zero-order valence-corrected chi connectivity index (χ0v) is 19.7. The van der Waals surface area contributed by atoms with Gasteiger partial charge < -0.3 is 9.73 Å². The first-order chi connectivity index (χ1) is 15.3. The Morgan fingerprint density at radius 1 is 1.06 bits per heavy atom. The van der Waals surface area contributed by atoms with Gasteiger partial charge in [0.1, 0.15) is 6.26 Å². The Morgan fingerprint density at radius 2 is 1.75 bits per heavy atom. The van der Waals surface area contributed by atoms with Crippen molar-refractivity contribution >= 4 is 15.9 Å². The second kappa shape index (κ2) is 10.1. The summed E-state index contributed by atoms with van der Waals surface area (Å²) in [4.78, 5) is 17.3. The summed E-state index contributed by atoms with van der Waals surface area (Å²) in [5.41, 5.74) is 3.70. The second-order valence-electron chi connectivity index (χ2n) is 7.59. The summed E-state index contributed by atoms with van der Waals surface area (Å²) in [5.74, 6) is 0.208. The van der Waals surface area contributed by atoms with Crippen LogP contribution in [0.15, 0.2) is 58.0 Å². The van der Waals surface area contributed by atoms with Crippen LogP contribution in [0.2, 0.25) is 0 Å². The van der Waals surface area contributed by atoms with Crippen LogP contribution in [0.25, 0.3) is 11.5 Å². The average Bonchev–Trinajstić information content (AvgIpc) is 3.24. The van der Waals surface area contributed by atoms with Crippen LogP contribution < -0.4 is 5.32 Å². The van der Waals surface area contributed by atoms with Gasteiger partial charge in [0.15, 0.2) is 0 Å². The highest BCUT2D eigenvalue weighted by molar-refractivity contribution is 7.89. The molecule has 170 valence electrons. The SMILES string of the molecule is CCN(CC)S(=O)(=O)c1cc(C(=O)NCCc2coc(-c3ccc(C)cc3)n2)ccc1C. The Kier molecular flexibility index (Phi) is 7.48. The molecule has 8 heteroatoms. The Labute approximate surface area is 189 Å². The van der Waals surface area contributed by atoms with Gasteiger partial charge in [-0.3, -0.25) is 4.79 Å². The van der Waals surface area contributed by atoms with E-state index in [1.807, 2.05) is 31.2 Å². The van der Waals surface area contributed by atoms with Crippen LogP contribution in [0.5, 0.6) is 0 Å². The van der Waals surface area contributed by atoms with Gasteiger partial charge >= 0.3 is 0 Å². The van der Waals surface area contributed by atoms with Crippen LogP contribution in [0.4, 0.5) is 0 Å². The summed E-state index contributed by atoms with van der Waals surface area (Å²) in [7, 11) is -3.65. The Morgan fingerprint density at radius 3 is 2.41 bits per heavy atom. The Hall–Kier alpha value is -2.97. The fraction of sp³-hybridized carbons (Fsp3) is 0.333. The van der Waals surface area contributed by atoms with Gasteiger partial charge in [0.05, 0.1) is 10.6 Å². The molecule has 1 heterocycles. The predicted octanol–water partition coefficient (Wildman–Crippen LogP) is 3.96. The summed E-state index contributed by atoms with van der Waals surface area (Å²) >= 11 is 0. The highest BCUT2D eigenvalue weighted by Crippen LogP contribution is 2.22. The molecule has 0 saturated carbocycles. The number of benzene rings is 2. The number of nitrogens with one attached hydrogen (secondary N) is 1. The highest BCUT2D eigenvalue weighted by Gasteiger charge is 2.24. The van der Waals surface area contributed by atoms with E-state index in [2.05, 4.69) is 10.3 Å². The molecule has 0 saturated heterocycles. The maximum Gasteiger partial charge on any atom is 0.251 e. The standard InChI is InChI=1S/C24H29N3O4S/c1-5-27(6-2)32(29,30)22-15-20(12-9-18(22)4)23(28)25-14-13-21-16-31-24(26-21)19-10-7-17(3)8-11-19/h7-12,15-16H,5-6,13-14H2,1-4H3,(H,25,28). The first-order valence-electron chi connectivity index (χ1n) is 10.7. The minimum Gasteiger partial charge on any atom is -0.444 e. The molecule has 0 atom stereocenters. The lowest BCUT2D eigenvalue weighted by Crippen LogP contribution is -2.31. The number of carbonyl (C=O) groups is 1. The zero-order valence-electron chi connectivity index (χ0n) is 18.9. The molecule has 0 bridgehead atoms. The number of aromatic nitrogens is 1. The van der Waals surface area contributed by atoms with Crippen molar-refractivity contribution in [2.45, 2.75) is 39.0 Å². The third-order valence-electron chi connectivity index (χ3n) is 5.29. The summed E-state index contributed by atoms with van der Waals surface area (Å²) in [6.07, 6.45) is 2.08. The first kappa shape index (κ1) is 23.7. The van der Waals surface area contributed by atoms with Crippen LogP contribution in [0.1, 0.15) is 41.0 Å². The van der Waals surface area contributed by atoms with Crippen LogP contribution in [-0.2, 0) is 16.4 Å². The lowest BCUT2D eigenvalue weighted by atomic mass is 10.1. The molecule has 1 amide bonds. The van der Waals surface area contributed by atoms with E-state index < -0.39 is 10.0 Å². The van der Waals surface area contributed by atoms with Gasteiger partial charge in [0.2, 0.25) is 15.9 Å².